The maximum absolute atomic E-state index is 9.23. The average Bonchev–Trinajstić information content (AvgIpc) is 2.44. The van der Waals surface area contributed by atoms with Gasteiger partial charge in [0.1, 0.15) is 17.5 Å². The van der Waals surface area contributed by atoms with Crippen molar-refractivity contribution in [1.29, 1.82) is 0 Å². The first kappa shape index (κ1) is 21.3. The minimum Gasteiger partial charge on any atom is -0.530 e. The minimum atomic E-state index is -1.25. The standard InChI is InChI=1S/C12H19NO.C2H5NO2.HI/c1-4-13(5-2,6-3)11-7-9-12(14)10-8-11;1-3-2(4)5;/h7-10H,4-6H2,1-3H3;3H,1H3,(H,4,5);1H. The van der Waals surface area contributed by atoms with Crippen LogP contribution in [0.2, 0.25) is 0 Å². The second-order valence-corrected chi connectivity index (χ2v) is 4.15. The summed E-state index contributed by atoms with van der Waals surface area (Å²) < 4.78 is 0.986. The van der Waals surface area contributed by atoms with E-state index in [-0.39, 0.29) is 24.0 Å². The van der Waals surface area contributed by atoms with E-state index >= 15 is 0 Å². The Balaban J connectivity index is 0. The molecular weight excluding hydrogens is 371 g/mol. The summed E-state index contributed by atoms with van der Waals surface area (Å²) in [5, 5.41) is 20.2. The van der Waals surface area contributed by atoms with Crippen molar-refractivity contribution in [3.05, 3.63) is 24.3 Å². The van der Waals surface area contributed by atoms with Crippen LogP contribution in [0.3, 0.4) is 0 Å². The molecule has 0 aromatic heterocycles. The molecule has 0 heterocycles. The van der Waals surface area contributed by atoms with E-state index in [9.17, 15) is 5.11 Å². The van der Waals surface area contributed by atoms with Crippen LogP contribution in [0.5, 0.6) is 5.75 Å². The molecule has 5 nitrogen and oxygen atoms in total. The number of hydrogen-bond donors (Lipinski definition) is 2. The molecule has 0 spiro atoms. The molecule has 0 atom stereocenters. The number of phenolic OH excluding ortho intramolecular Hbond substituents is 1. The third-order valence-corrected chi connectivity index (χ3v) is 3.42. The van der Waals surface area contributed by atoms with Gasteiger partial charge in [0, 0.05) is 19.2 Å². The van der Waals surface area contributed by atoms with E-state index in [0.717, 1.165) is 24.1 Å². The highest BCUT2D eigenvalue weighted by atomic mass is 127. The fraction of sp³-hybridized carbons (Fsp3) is 0.500. The molecule has 0 fully saturated rings. The molecule has 6 heteroatoms. The van der Waals surface area contributed by atoms with Crippen molar-refractivity contribution in [1.82, 2.24) is 9.80 Å². The molecule has 0 saturated carbocycles. The summed E-state index contributed by atoms with van der Waals surface area (Å²) in [6.07, 6.45) is -1.25. The van der Waals surface area contributed by atoms with Crippen LogP contribution in [0.15, 0.2) is 24.3 Å². The van der Waals surface area contributed by atoms with Crippen molar-refractivity contribution in [2.45, 2.75) is 20.8 Å². The number of rotatable bonds is 4. The van der Waals surface area contributed by atoms with E-state index in [0.29, 0.717) is 5.75 Å². The molecule has 0 aliphatic carbocycles. The fourth-order valence-electron chi connectivity index (χ4n) is 1.99. The minimum absolute atomic E-state index is 0. The Bertz CT molecular complexity index is 370. The third kappa shape index (κ3) is 6.42. The van der Waals surface area contributed by atoms with Gasteiger partial charge in [-0.15, -0.1) is 24.0 Å². The topological polar surface area (TPSA) is 72.4 Å². The molecule has 0 bridgehead atoms. The number of carboxylic acid groups (broad SMARTS) is 1. The van der Waals surface area contributed by atoms with Gasteiger partial charge >= 0.3 is 0 Å². The van der Waals surface area contributed by atoms with Crippen molar-refractivity contribution in [2.24, 2.45) is 0 Å². The summed E-state index contributed by atoms with van der Waals surface area (Å²) in [6, 6.07) is 7.57. The predicted molar refractivity (Wildman–Crippen MR) is 91.4 cm³/mol. The van der Waals surface area contributed by atoms with Crippen molar-refractivity contribution >= 4 is 35.8 Å². The van der Waals surface area contributed by atoms with Crippen LogP contribution in [0, 0.1) is 0 Å². The second-order valence-electron chi connectivity index (χ2n) is 4.15. The normalized spacial score (nSPS) is 9.80. The highest BCUT2D eigenvalue weighted by molar-refractivity contribution is 14.0. The van der Waals surface area contributed by atoms with Crippen LogP contribution < -0.4 is 14.9 Å². The predicted octanol–water partition coefficient (Wildman–Crippen LogP) is 1.93. The van der Waals surface area contributed by atoms with Gasteiger partial charge < -0.3 is 20.3 Å². The van der Waals surface area contributed by atoms with Crippen LogP contribution in [0.25, 0.3) is 0 Å². The summed E-state index contributed by atoms with van der Waals surface area (Å²) >= 11 is 0. The van der Waals surface area contributed by atoms with Crippen LogP contribution in [-0.4, -0.2) is 37.9 Å². The molecule has 2 N–H and O–H groups in total. The van der Waals surface area contributed by atoms with Gasteiger partial charge in [0.05, 0.1) is 19.6 Å². The monoisotopic (exact) mass is 396 g/mol. The number of benzene rings is 1. The van der Waals surface area contributed by atoms with Crippen LogP contribution in [-0.2, 0) is 0 Å². The summed E-state index contributed by atoms with van der Waals surface area (Å²) in [6.45, 7) is 9.91. The van der Waals surface area contributed by atoms with E-state index < -0.39 is 6.09 Å². The zero-order chi connectivity index (χ0) is 14.9. The molecular formula is C14H25IN2O3. The van der Waals surface area contributed by atoms with Gasteiger partial charge in [-0.2, -0.15) is 0 Å². The first-order valence-electron chi connectivity index (χ1n) is 6.50. The molecule has 0 aliphatic rings. The molecule has 0 unspecified atom stereocenters. The first-order chi connectivity index (χ1) is 8.95. The number of phenols is 1. The van der Waals surface area contributed by atoms with Gasteiger partial charge in [0.2, 0.25) is 0 Å². The molecule has 0 aliphatic heterocycles. The Kier molecular flexibility index (Phi) is 11.4. The zero-order valence-electron chi connectivity index (χ0n) is 12.5. The van der Waals surface area contributed by atoms with Crippen molar-refractivity contribution in [3.8, 4) is 5.75 Å². The highest BCUT2D eigenvalue weighted by Gasteiger charge is 2.23. The number of nitrogens with zero attached hydrogens (tertiary/aromatic N) is 1. The second kappa shape index (κ2) is 10.7. The summed E-state index contributed by atoms with van der Waals surface area (Å²) in [5.41, 5.74) is 1.29. The first-order valence-corrected chi connectivity index (χ1v) is 6.50. The number of carbonyl (C=O) groups excluding carboxylic acids is 1. The maximum atomic E-state index is 9.23. The third-order valence-electron chi connectivity index (χ3n) is 3.42. The number of carbonyl (C=O) groups is 1. The van der Waals surface area contributed by atoms with Gasteiger partial charge in [-0.1, -0.05) is 0 Å². The van der Waals surface area contributed by atoms with Crippen LogP contribution in [0.4, 0.5) is 10.5 Å². The van der Waals surface area contributed by atoms with Crippen LogP contribution >= 0.6 is 24.0 Å². The van der Waals surface area contributed by atoms with E-state index in [4.69, 9.17) is 9.90 Å². The Morgan fingerprint density at radius 1 is 1.15 bits per heavy atom. The molecule has 1 amide bonds. The van der Waals surface area contributed by atoms with Gasteiger partial charge in [-0.3, -0.25) is 4.48 Å². The molecule has 0 saturated heterocycles. The lowest BCUT2D eigenvalue weighted by Crippen LogP contribution is -2.48. The highest BCUT2D eigenvalue weighted by Crippen LogP contribution is 2.24. The molecule has 20 heavy (non-hydrogen) atoms. The number of aromatic hydroxyl groups is 1. The van der Waals surface area contributed by atoms with Crippen molar-refractivity contribution in [2.75, 3.05) is 26.7 Å². The van der Waals surface area contributed by atoms with Gasteiger partial charge in [0.15, 0.2) is 0 Å². The summed E-state index contributed by atoms with van der Waals surface area (Å²) in [5.74, 6) is 0.343. The molecule has 116 valence electrons. The van der Waals surface area contributed by atoms with Gasteiger partial charge in [-0.05, 0) is 32.9 Å². The van der Waals surface area contributed by atoms with Gasteiger partial charge in [0.25, 0.3) is 0 Å². The zero-order valence-corrected chi connectivity index (χ0v) is 14.9. The Morgan fingerprint density at radius 3 is 1.75 bits per heavy atom. The lowest BCUT2D eigenvalue weighted by atomic mass is 10.2. The Labute approximate surface area is 138 Å². The number of quaternary nitrogens is 1. The molecule has 1 aromatic carbocycles. The number of halogens is 1. The van der Waals surface area contributed by atoms with Crippen molar-refractivity contribution in [3.63, 3.8) is 0 Å². The van der Waals surface area contributed by atoms with Crippen LogP contribution in [0.1, 0.15) is 20.8 Å². The molecule has 1 aromatic rings. The molecule has 1 rings (SSSR count). The van der Waals surface area contributed by atoms with E-state index in [1.807, 2.05) is 17.4 Å². The average molecular weight is 396 g/mol. The number of hydrogen-bond acceptors (Lipinski definition) is 3. The van der Waals surface area contributed by atoms with Gasteiger partial charge in [-0.25, -0.2) is 0 Å². The number of nitrogens with one attached hydrogen (secondary N) is 1. The summed E-state index contributed by atoms with van der Waals surface area (Å²) in [7, 11) is 1.29. The SMILES string of the molecule is CC[N+](CC)(CC)c1ccc(O)cc1.CNC(=O)[O-].I. The van der Waals surface area contributed by atoms with Crippen molar-refractivity contribution < 1.29 is 15.0 Å². The Hall–Kier alpha value is -1.02. The lowest BCUT2D eigenvalue weighted by molar-refractivity contribution is -0.250. The molecule has 0 radical (unpaired) electrons. The maximum Gasteiger partial charge on any atom is 0.133 e. The largest absolute Gasteiger partial charge is 0.530 e. The number of amides is 1. The van der Waals surface area contributed by atoms with E-state index in [1.165, 1.54) is 12.7 Å². The fourth-order valence-corrected chi connectivity index (χ4v) is 1.99. The summed E-state index contributed by atoms with van der Waals surface area (Å²) in [4.78, 5) is 9.15. The van der Waals surface area contributed by atoms with E-state index in [1.54, 1.807) is 12.1 Å². The lowest BCUT2D eigenvalue weighted by Gasteiger charge is -2.35. The smallest absolute Gasteiger partial charge is 0.133 e. The Morgan fingerprint density at radius 2 is 1.50 bits per heavy atom. The van der Waals surface area contributed by atoms with E-state index in [2.05, 4.69) is 20.8 Å². The quantitative estimate of drug-likeness (QED) is 0.604.